The first-order valence-electron chi connectivity index (χ1n) is 12.6. The van der Waals surface area contributed by atoms with Crippen molar-refractivity contribution in [1.29, 1.82) is 0 Å². The van der Waals surface area contributed by atoms with E-state index in [2.05, 4.69) is 10.2 Å². The number of rotatable bonds is 6. The number of halogens is 3. The van der Waals surface area contributed by atoms with E-state index in [-0.39, 0.29) is 23.9 Å². The number of nitrogens with zero attached hydrogens (tertiary/aromatic N) is 3. The number of nitrogens with one attached hydrogen (secondary N) is 1. The molecular formula is C27H31Cl3N4O2. The van der Waals surface area contributed by atoms with E-state index in [0.29, 0.717) is 26.7 Å². The Kier molecular flexibility index (Phi) is 7.68. The highest BCUT2D eigenvalue weighted by atomic mass is 35.5. The van der Waals surface area contributed by atoms with E-state index in [1.54, 1.807) is 6.07 Å². The summed E-state index contributed by atoms with van der Waals surface area (Å²) in [6.07, 6.45) is 3.83. The molecule has 36 heavy (non-hydrogen) atoms. The Balaban J connectivity index is 1.33. The van der Waals surface area contributed by atoms with Crippen LogP contribution in [0.2, 0.25) is 15.1 Å². The molecule has 0 saturated carbocycles. The van der Waals surface area contributed by atoms with E-state index >= 15 is 0 Å². The molecule has 5 rings (SSSR count). The molecule has 3 aliphatic rings. The van der Waals surface area contributed by atoms with E-state index in [4.69, 9.17) is 34.8 Å². The first kappa shape index (κ1) is 25.7. The van der Waals surface area contributed by atoms with Gasteiger partial charge in [0.15, 0.2) is 0 Å². The van der Waals surface area contributed by atoms with Gasteiger partial charge in [0.05, 0.1) is 16.1 Å². The molecule has 9 heteroatoms. The Morgan fingerprint density at radius 1 is 1.00 bits per heavy atom. The van der Waals surface area contributed by atoms with Crippen LogP contribution in [0.1, 0.15) is 59.1 Å². The van der Waals surface area contributed by atoms with Crippen molar-refractivity contribution in [1.82, 2.24) is 20.0 Å². The second kappa shape index (κ2) is 10.8. The molecule has 3 heterocycles. The molecular weight excluding hydrogens is 519 g/mol. The first-order valence-corrected chi connectivity index (χ1v) is 13.7. The molecule has 2 unspecified atom stereocenters. The van der Waals surface area contributed by atoms with Gasteiger partial charge < -0.3 is 20.0 Å². The molecule has 2 atom stereocenters. The monoisotopic (exact) mass is 548 g/mol. The van der Waals surface area contributed by atoms with E-state index in [1.807, 2.05) is 47.2 Å². The van der Waals surface area contributed by atoms with Crippen LogP contribution in [0.4, 0.5) is 4.79 Å². The number of likely N-dealkylation sites (tertiary alicyclic amines) is 1. The number of piperidine rings is 1. The highest BCUT2D eigenvalue weighted by molar-refractivity contribution is 6.42. The summed E-state index contributed by atoms with van der Waals surface area (Å²) in [5.74, 6) is 0.0323. The fourth-order valence-electron chi connectivity index (χ4n) is 6.01. The summed E-state index contributed by atoms with van der Waals surface area (Å²) in [5.41, 5.74) is 2.73. The summed E-state index contributed by atoms with van der Waals surface area (Å²) in [6, 6.07) is 11.7. The predicted octanol–water partition coefficient (Wildman–Crippen LogP) is 5.83. The fraction of sp³-hybridized carbons (Fsp3) is 0.481. The smallest absolute Gasteiger partial charge is 0.317 e. The summed E-state index contributed by atoms with van der Waals surface area (Å²) in [6.45, 7) is 4.42. The van der Waals surface area contributed by atoms with E-state index in [1.165, 1.54) is 0 Å². The van der Waals surface area contributed by atoms with Crippen molar-refractivity contribution in [2.75, 3.05) is 39.8 Å². The van der Waals surface area contributed by atoms with Gasteiger partial charge in [0.2, 0.25) is 0 Å². The summed E-state index contributed by atoms with van der Waals surface area (Å²) in [4.78, 5) is 31.7. The zero-order valence-corrected chi connectivity index (χ0v) is 22.6. The van der Waals surface area contributed by atoms with Crippen molar-refractivity contribution < 1.29 is 9.59 Å². The average molecular weight is 550 g/mol. The second-order valence-corrected chi connectivity index (χ2v) is 11.3. The third-order valence-corrected chi connectivity index (χ3v) is 8.90. The highest BCUT2D eigenvalue weighted by Gasteiger charge is 2.40. The Labute approximate surface area is 227 Å². The lowest BCUT2D eigenvalue weighted by Crippen LogP contribution is -2.54. The number of likely N-dealkylation sites (N-methyl/N-ethyl adjacent to an activating group) is 1. The lowest BCUT2D eigenvalue weighted by atomic mass is 9.84. The molecule has 3 amide bonds. The summed E-state index contributed by atoms with van der Waals surface area (Å²) in [5, 5.41) is 4.57. The maximum absolute atomic E-state index is 13.1. The zero-order chi connectivity index (χ0) is 25.4. The van der Waals surface area contributed by atoms with Crippen LogP contribution in [0, 0.1) is 0 Å². The van der Waals surface area contributed by atoms with Crippen LogP contribution >= 0.6 is 34.8 Å². The molecule has 1 N–H and O–H groups in total. The number of fused-ring (bicyclic) bond motifs is 1. The number of amides is 3. The molecule has 6 nitrogen and oxygen atoms in total. The van der Waals surface area contributed by atoms with Crippen molar-refractivity contribution in [3.05, 3.63) is 68.2 Å². The first-order chi connectivity index (χ1) is 17.3. The molecule has 0 radical (unpaired) electrons. The predicted molar refractivity (Wildman–Crippen MR) is 144 cm³/mol. The lowest BCUT2D eigenvalue weighted by Gasteiger charge is -2.40. The third-order valence-electron chi connectivity index (χ3n) is 7.92. The normalized spacial score (nSPS) is 22.1. The molecule has 3 aliphatic heterocycles. The number of benzene rings is 2. The Bertz CT molecular complexity index is 1150. The number of hydrogen-bond acceptors (Lipinski definition) is 3. The Morgan fingerprint density at radius 3 is 2.50 bits per heavy atom. The minimum Gasteiger partial charge on any atom is -0.338 e. The van der Waals surface area contributed by atoms with Crippen molar-refractivity contribution >= 4 is 46.7 Å². The van der Waals surface area contributed by atoms with Gasteiger partial charge in [0, 0.05) is 55.8 Å². The van der Waals surface area contributed by atoms with Gasteiger partial charge in [-0.1, -0.05) is 46.9 Å². The van der Waals surface area contributed by atoms with Gasteiger partial charge in [-0.3, -0.25) is 4.79 Å². The van der Waals surface area contributed by atoms with Gasteiger partial charge in [0.1, 0.15) is 0 Å². The summed E-state index contributed by atoms with van der Waals surface area (Å²) < 4.78 is 0. The Morgan fingerprint density at radius 2 is 1.78 bits per heavy atom. The maximum Gasteiger partial charge on any atom is 0.317 e. The van der Waals surface area contributed by atoms with E-state index < -0.39 is 0 Å². The number of urea groups is 1. The second-order valence-electron chi connectivity index (χ2n) is 10.0. The lowest BCUT2D eigenvalue weighted by molar-refractivity contribution is 0.0740. The van der Waals surface area contributed by atoms with Gasteiger partial charge in [-0.2, -0.15) is 0 Å². The van der Waals surface area contributed by atoms with Crippen molar-refractivity contribution in [3.8, 4) is 0 Å². The van der Waals surface area contributed by atoms with E-state index in [0.717, 1.165) is 69.5 Å². The SMILES string of the molecule is CN1C(=O)c2cc(Cl)ccc2C1C(CCN1CCC(N2CCCNC2=O)CC1)c1ccc(Cl)c(Cl)c1. The summed E-state index contributed by atoms with van der Waals surface area (Å²) >= 11 is 18.9. The quantitative estimate of drug-likeness (QED) is 0.493. The van der Waals surface area contributed by atoms with Gasteiger partial charge in [-0.15, -0.1) is 0 Å². The standard InChI is InChI=1S/C27H31Cl3N4O2/c1-32-25(21-5-4-18(28)16-22(21)26(32)35)20(17-3-6-23(29)24(30)15-17)9-14-33-12-7-19(8-13-33)34-11-2-10-31-27(34)36/h3-6,15-16,19-20,25H,2,7-14H2,1H3,(H,31,36). The summed E-state index contributed by atoms with van der Waals surface area (Å²) in [7, 11) is 1.86. The molecule has 0 bridgehead atoms. The van der Waals surface area contributed by atoms with Crippen LogP contribution in [0.3, 0.4) is 0 Å². The molecule has 2 aromatic rings. The molecule has 2 fully saturated rings. The fourth-order valence-corrected chi connectivity index (χ4v) is 6.48. The van der Waals surface area contributed by atoms with Gasteiger partial charge in [-0.05, 0) is 67.6 Å². The Hall–Kier alpha value is -1.99. The van der Waals surface area contributed by atoms with Crippen LogP contribution < -0.4 is 5.32 Å². The van der Waals surface area contributed by atoms with Gasteiger partial charge in [0.25, 0.3) is 5.91 Å². The van der Waals surface area contributed by atoms with Crippen LogP contribution in [0.25, 0.3) is 0 Å². The minimum absolute atomic E-state index is 0.0109. The number of carbonyl (C=O) groups excluding carboxylic acids is 2. The minimum atomic E-state index is -0.114. The molecule has 0 spiro atoms. The van der Waals surface area contributed by atoms with Crippen molar-refractivity contribution in [2.24, 2.45) is 0 Å². The third kappa shape index (κ3) is 5.06. The number of hydrogen-bond donors (Lipinski definition) is 1. The molecule has 0 aromatic heterocycles. The van der Waals surface area contributed by atoms with Crippen molar-refractivity contribution in [2.45, 2.75) is 43.7 Å². The van der Waals surface area contributed by atoms with Gasteiger partial charge >= 0.3 is 6.03 Å². The van der Waals surface area contributed by atoms with Crippen LogP contribution in [0.5, 0.6) is 0 Å². The number of carbonyl (C=O) groups is 2. The molecule has 0 aliphatic carbocycles. The topological polar surface area (TPSA) is 55.9 Å². The average Bonchev–Trinajstić information content (AvgIpc) is 3.12. The van der Waals surface area contributed by atoms with Gasteiger partial charge in [-0.25, -0.2) is 4.79 Å². The molecule has 2 saturated heterocycles. The van der Waals surface area contributed by atoms with Crippen LogP contribution in [0.15, 0.2) is 36.4 Å². The van der Waals surface area contributed by atoms with E-state index in [9.17, 15) is 9.59 Å². The maximum atomic E-state index is 13.1. The van der Waals surface area contributed by atoms with Crippen molar-refractivity contribution in [3.63, 3.8) is 0 Å². The zero-order valence-electron chi connectivity index (χ0n) is 20.4. The molecule has 2 aromatic carbocycles. The van der Waals surface area contributed by atoms with Crippen LogP contribution in [-0.4, -0.2) is 72.5 Å². The largest absolute Gasteiger partial charge is 0.338 e. The highest BCUT2D eigenvalue weighted by Crippen LogP contribution is 2.45. The molecule has 192 valence electrons. The van der Waals surface area contributed by atoms with Crippen LogP contribution in [-0.2, 0) is 0 Å².